The molecule has 2 heteroatoms. The lowest BCUT2D eigenvalue weighted by Crippen LogP contribution is -2.07. The quantitative estimate of drug-likeness (QED) is 0.476. The summed E-state index contributed by atoms with van der Waals surface area (Å²) in [5.74, 6) is 0.0319. The number of ketones is 1. The molecule has 3 aromatic carbocycles. The molecule has 0 spiro atoms. The van der Waals surface area contributed by atoms with Gasteiger partial charge in [-0.2, -0.15) is 0 Å². The monoisotopic (exact) mass is 329 g/mol. The van der Waals surface area contributed by atoms with Gasteiger partial charge in [-0.1, -0.05) is 84.9 Å². The maximum atomic E-state index is 11.7. The van der Waals surface area contributed by atoms with Gasteiger partial charge in [0.15, 0.2) is 5.78 Å². The first-order valence-corrected chi connectivity index (χ1v) is 8.21. The molecular formula is C23H23NO. The van der Waals surface area contributed by atoms with Crippen LogP contribution in [-0.4, -0.2) is 19.9 Å². The fraction of sp³-hybridized carbons (Fsp3) is 0.0870. The maximum absolute atomic E-state index is 11.7. The Labute approximate surface area is 150 Å². The van der Waals surface area contributed by atoms with Gasteiger partial charge in [0.1, 0.15) is 0 Å². The summed E-state index contributed by atoms with van der Waals surface area (Å²) in [6.07, 6.45) is 3.43. The van der Waals surface area contributed by atoms with E-state index in [1.54, 1.807) is 6.08 Å². The van der Waals surface area contributed by atoms with Crippen molar-refractivity contribution in [3.8, 4) is 0 Å². The van der Waals surface area contributed by atoms with Crippen LogP contribution < -0.4 is 4.90 Å². The van der Waals surface area contributed by atoms with Gasteiger partial charge in [-0.25, -0.2) is 0 Å². The van der Waals surface area contributed by atoms with E-state index in [1.807, 2.05) is 99.0 Å². The first-order valence-electron chi connectivity index (χ1n) is 8.21. The Hall–Kier alpha value is -3.13. The van der Waals surface area contributed by atoms with E-state index in [0.717, 1.165) is 11.1 Å². The van der Waals surface area contributed by atoms with Crippen LogP contribution >= 0.6 is 0 Å². The molecule has 0 aliphatic rings. The van der Waals surface area contributed by atoms with Crippen molar-refractivity contribution in [1.82, 2.24) is 0 Å². The summed E-state index contributed by atoms with van der Waals surface area (Å²) in [5.41, 5.74) is 3.00. The van der Waals surface area contributed by atoms with Crippen LogP contribution in [0.3, 0.4) is 0 Å². The van der Waals surface area contributed by atoms with Gasteiger partial charge in [0.2, 0.25) is 0 Å². The molecule has 0 aliphatic heterocycles. The van der Waals surface area contributed by atoms with Crippen LogP contribution in [0.4, 0.5) is 5.69 Å². The highest BCUT2D eigenvalue weighted by Gasteiger charge is 1.98. The molecule has 0 heterocycles. The molecule has 126 valence electrons. The number of nitrogens with zero attached hydrogens (tertiary/aromatic N) is 1. The van der Waals surface area contributed by atoms with Crippen molar-refractivity contribution in [2.75, 3.05) is 19.0 Å². The van der Waals surface area contributed by atoms with Gasteiger partial charge in [-0.05, 0) is 23.8 Å². The Morgan fingerprint density at radius 3 is 1.68 bits per heavy atom. The molecule has 0 unspecified atom stereocenters. The number of anilines is 1. The van der Waals surface area contributed by atoms with Crippen LogP contribution in [0, 0.1) is 0 Å². The van der Waals surface area contributed by atoms with Crippen molar-refractivity contribution in [1.29, 1.82) is 0 Å². The van der Waals surface area contributed by atoms with Gasteiger partial charge >= 0.3 is 0 Å². The van der Waals surface area contributed by atoms with Crippen molar-refractivity contribution in [3.63, 3.8) is 0 Å². The molecule has 0 saturated heterocycles. The van der Waals surface area contributed by atoms with E-state index < -0.39 is 0 Å². The van der Waals surface area contributed by atoms with Gasteiger partial charge in [-0.3, -0.25) is 4.79 Å². The van der Waals surface area contributed by atoms with Crippen LogP contribution in [0.2, 0.25) is 0 Å². The number of carbonyl (C=O) groups is 1. The molecule has 0 amide bonds. The molecule has 0 aromatic heterocycles. The minimum absolute atomic E-state index is 0.0319. The van der Waals surface area contributed by atoms with Crippen molar-refractivity contribution < 1.29 is 4.79 Å². The fourth-order valence-electron chi connectivity index (χ4n) is 2.16. The third-order valence-electron chi connectivity index (χ3n) is 3.56. The minimum Gasteiger partial charge on any atom is -0.378 e. The molecule has 0 aliphatic carbocycles. The number of hydrogen-bond donors (Lipinski definition) is 0. The second-order valence-electron chi connectivity index (χ2n) is 5.70. The number of carbonyl (C=O) groups excluding carboxylic acids is 1. The smallest absolute Gasteiger partial charge is 0.185 e. The van der Waals surface area contributed by atoms with Crippen LogP contribution in [0.15, 0.2) is 97.1 Å². The number of para-hydroxylation sites is 1. The van der Waals surface area contributed by atoms with E-state index in [-0.39, 0.29) is 5.78 Å². The normalized spacial score (nSPS) is 10.0. The van der Waals surface area contributed by atoms with Crippen LogP contribution in [0.5, 0.6) is 0 Å². The summed E-state index contributed by atoms with van der Waals surface area (Å²) in [6.45, 7) is 0. The van der Waals surface area contributed by atoms with Crippen molar-refractivity contribution in [2.45, 2.75) is 0 Å². The molecule has 3 aromatic rings. The highest BCUT2D eigenvalue weighted by Crippen LogP contribution is 2.07. The number of rotatable bonds is 4. The average Bonchev–Trinajstić information content (AvgIpc) is 2.69. The van der Waals surface area contributed by atoms with E-state index in [0.29, 0.717) is 0 Å². The zero-order valence-electron chi connectivity index (χ0n) is 14.7. The second kappa shape index (κ2) is 9.89. The van der Waals surface area contributed by atoms with Gasteiger partial charge in [0.25, 0.3) is 0 Å². The Morgan fingerprint density at radius 2 is 1.20 bits per heavy atom. The SMILES string of the molecule is CN(C)c1ccccc1.O=C(C=Cc1ccccc1)c1ccccc1. The van der Waals surface area contributed by atoms with Gasteiger partial charge < -0.3 is 4.90 Å². The predicted molar refractivity (Wildman–Crippen MR) is 107 cm³/mol. The lowest BCUT2D eigenvalue weighted by atomic mass is 10.1. The first-order chi connectivity index (χ1) is 12.2. The van der Waals surface area contributed by atoms with Crippen LogP contribution in [-0.2, 0) is 0 Å². The summed E-state index contributed by atoms with van der Waals surface area (Å²) in [5, 5.41) is 0. The molecule has 0 saturated carbocycles. The molecule has 0 fully saturated rings. The molecule has 2 nitrogen and oxygen atoms in total. The summed E-state index contributed by atoms with van der Waals surface area (Å²) >= 11 is 0. The molecule has 25 heavy (non-hydrogen) atoms. The number of allylic oxidation sites excluding steroid dienone is 1. The van der Waals surface area contributed by atoms with Crippen molar-refractivity contribution in [3.05, 3.63) is 108 Å². The van der Waals surface area contributed by atoms with E-state index in [2.05, 4.69) is 17.0 Å². The molecule has 0 radical (unpaired) electrons. The zero-order valence-corrected chi connectivity index (χ0v) is 14.7. The van der Waals surface area contributed by atoms with Gasteiger partial charge in [0, 0.05) is 25.3 Å². The molecular weight excluding hydrogens is 306 g/mol. The first kappa shape index (κ1) is 18.2. The third-order valence-corrected chi connectivity index (χ3v) is 3.56. The van der Waals surface area contributed by atoms with Crippen molar-refractivity contribution >= 4 is 17.5 Å². The lowest BCUT2D eigenvalue weighted by Gasteiger charge is -2.10. The highest BCUT2D eigenvalue weighted by molar-refractivity contribution is 6.06. The topological polar surface area (TPSA) is 20.3 Å². The molecule has 3 rings (SSSR count). The van der Waals surface area contributed by atoms with E-state index in [9.17, 15) is 4.79 Å². The number of benzene rings is 3. The van der Waals surface area contributed by atoms with Gasteiger partial charge in [-0.15, -0.1) is 0 Å². The predicted octanol–water partition coefficient (Wildman–Crippen LogP) is 5.34. The van der Waals surface area contributed by atoms with Crippen molar-refractivity contribution in [2.24, 2.45) is 0 Å². The molecule has 0 atom stereocenters. The highest BCUT2D eigenvalue weighted by atomic mass is 16.1. The second-order valence-corrected chi connectivity index (χ2v) is 5.70. The summed E-state index contributed by atoms with van der Waals surface area (Å²) in [6, 6.07) is 29.3. The Balaban J connectivity index is 0.000000212. The van der Waals surface area contributed by atoms with Crippen LogP contribution in [0.1, 0.15) is 15.9 Å². The van der Waals surface area contributed by atoms with E-state index in [4.69, 9.17) is 0 Å². The maximum Gasteiger partial charge on any atom is 0.185 e. The molecule has 0 bridgehead atoms. The average molecular weight is 329 g/mol. The van der Waals surface area contributed by atoms with Crippen LogP contribution in [0.25, 0.3) is 6.08 Å². The summed E-state index contributed by atoms with van der Waals surface area (Å²) in [7, 11) is 4.07. The summed E-state index contributed by atoms with van der Waals surface area (Å²) in [4.78, 5) is 13.8. The van der Waals surface area contributed by atoms with E-state index in [1.165, 1.54) is 5.69 Å². The molecule has 0 N–H and O–H groups in total. The Bertz CT molecular complexity index is 778. The van der Waals surface area contributed by atoms with Gasteiger partial charge in [0.05, 0.1) is 0 Å². The zero-order chi connectivity index (χ0) is 17.9. The number of hydrogen-bond acceptors (Lipinski definition) is 2. The largest absolute Gasteiger partial charge is 0.378 e. The minimum atomic E-state index is 0.0319. The lowest BCUT2D eigenvalue weighted by molar-refractivity contribution is 0.104. The standard InChI is InChI=1S/C15H12O.C8H11N/c16-15(14-9-5-2-6-10-14)12-11-13-7-3-1-4-8-13;1-9(2)8-6-4-3-5-7-8/h1-12H;3-7H,1-2H3. The Kier molecular flexibility index (Phi) is 7.20. The fourth-order valence-corrected chi connectivity index (χ4v) is 2.16. The third kappa shape index (κ3) is 6.48. The van der Waals surface area contributed by atoms with E-state index >= 15 is 0 Å². The Morgan fingerprint density at radius 1 is 0.720 bits per heavy atom. The summed E-state index contributed by atoms with van der Waals surface area (Å²) < 4.78 is 0.